The molecule has 0 unspecified atom stereocenters. The normalized spacial score (nSPS) is 13.7. The fourth-order valence-corrected chi connectivity index (χ4v) is 2.62. The Balaban J connectivity index is 2.27. The number of rotatable bonds is 11. The lowest BCUT2D eigenvalue weighted by Crippen LogP contribution is -2.45. The predicted octanol–water partition coefficient (Wildman–Crippen LogP) is 0.476. The number of nitrogens with one attached hydrogen (secondary N) is 3. The van der Waals surface area contributed by atoms with E-state index in [1.165, 1.54) is 24.5 Å². The number of hydrogen-bond donors (Lipinski definition) is 6. The van der Waals surface area contributed by atoms with Gasteiger partial charge in [-0.2, -0.15) is 0 Å². The summed E-state index contributed by atoms with van der Waals surface area (Å²) in [5.74, 6) is -2.45. The van der Waals surface area contributed by atoms with E-state index in [1.807, 2.05) is 6.92 Å². The quantitative estimate of drug-likeness (QED) is 0.296. The third-order valence-corrected chi connectivity index (χ3v) is 4.74. The fourth-order valence-electron chi connectivity index (χ4n) is 2.62. The number of nitrogens with two attached hydrogens (primary N) is 1. The second-order valence-electron chi connectivity index (χ2n) is 7.03. The summed E-state index contributed by atoms with van der Waals surface area (Å²) in [7, 11) is 0. The highest BCUT2D eigenvalue weighted by Crippen LogP contribution is 2.27. The molecule has 1 aromatic heterocycles. The van der Waals surface area contributed by atoms with E-state index in [-0.39, 0.29) is 29.5 Å². The summed E-state index contributed by atoms with van der Waals surface area (Å²) in [4.78, 5) is 43.0. The number of aliphatic hydroxyl groups excluding tert-OH is 1. The molecule has 1 aromatic carbocycles. The van der Waals surface area contributed by atoms with Gasteiger partial charge < -0.3 is 36.3 Å². The van der Waals surface area contributed by atoms with Crippen molar-refractivity contribution in [2.75, 3.05) is 11.9 Å². The van der Waals surface area contributed by atoms with Gasteiger partial charge in [-0.3, -0.25) is 9.59 Å². The maximum absolute atomic E-state index is 12.7. The Morgan fingerprint density at radius 3 is 2.65 bits per heavy atom. The number of aliphatic carboxylic acids is 1. The fraction of sp³-hybridized carbons (Fsp3) is 0.400. The lowest BCUT2D eigenvalue weighted by atomic mass is 9.99. The molecule has 0 spiro atoms. The van der Waals surface area contributed by atoms with Crippen molar-refractivity contribution in [3.63, 3.8) is 0 Å². The van der Waals surface area contributed by atoms with E-state index in [9.17, 15) is 19.5 Å². The average molecular weight is 433 g/mol. The highest BCUT2D eigenvalue weighted by Gasteiger charge is 2.26. The van der Waals surface area contributed by atoms with Crippen LogP contribution in [0.2, 0.25) is 0 Å². The van der Waals surface area contributed by atoms with Crippen molar-refractivity contribution < 1.29 is 29.3 Å². The van der Waals surface area contributed by atoms with Crippen LogP contribution in [0.5, 0.6) is 5.75 Å². The van der Waals surface area contributed by atoms with Crippen LogP contribution in [0.1, 0.15) is 36.3 Å². The summed E-state index contributed by atoms with van der Waals surface area (Å²) in [6.45, 7) is 3.11. The van der Waals surface area contributed by atoms with Crippen LogP contribution in [0.3, 0.4) is 0 Å². The number of benzene rings is 1. The van der Waals surface area contributed by atoms with Gasteiger partial charge in [-0.05, 0) is 24.1 Å². The molecule has 7 N–H and O–H groups in total. The number of anilines is 1. The number of aromatic nitrogens is 2. The molecular weight excluding hydrogens is 406 g/mol. The Morgan fingerprint density at radius 1 is 1.32 bits per heavy atom. The molecule has 168 valence electrons. The van der Waals surface area contributed by atoms with Gasteiger partial charge in [-0.1, -0.05) is 20.3 Å². The monoisotopic (exact) mass is 433 g/mol. The number of amides is 2. The molecule has 0 radical (unpaired) electrons. The number of hydrogen-bond acceptors (Lipinski definition) is 7. The highest BCUT2D eigenvalue weighted by atomic mass is 16.5. The van der Waals surface area contributed by atoms with Crippen LogP contribution in [-0.4, -0.2) is 56.7 Å². The van der Waals surface area contributed by atoms with Crippen molar-refractivity contribution in [2.45, 2.75) is 39.0 Å². The molecule has 3 atom stereocenters. The SMILES string of the molecule is CC[C@@H](C)[C@H](NC(=O)c1ccc(NC(=O)[C@@H](N)CO)c(OCc2cnc[nH]2)c1)C(=O)O. The average Bonchev–Trinajstić information content (AvgIpc) is 3.28. The number of carboxylic acid groups (broad SMARTS) is 1. The van der Waals surface area contributed by atoms with E-state index in [0.717, 1.165) is 0 Å². The third-order valence-electron chi connectivity index (χ3n) is 4.74. The maximum atomic E-state index is 12.7. The molecule has 2 amide bonds. The molecule has 11 nitrogen and oxygen atoms in total. The van der Waals surface area contributed by atoms with Crippen molar-refractivity contribution in [3.8, 4) is 5.75 Å². The van der Waals surface area contributed by atoms with Crippen molar-refractivity contribution >= 4 is 23.5 Å². The lowest BCUT2D eigenvalue weighted by molar-refractivity contribution is -0.140. The van der Waals surface area contributed by atoms with Gasteiger partial charge in [0.1, 0.15) is 24.4 Å². The van der Waals surface area contributed by atoms with Gasteiger partial charge in [0.25, 0.3) is 5.91 Å². The number of H-pyrrole nitrogens is 1. The Labute approximate surface area is 179 Å². The molecule has 1 heterocycles. The third kappa shape index (κ3) is 6.52. The van der Waals surface area contributed by atoms with Gasteiger partial charge in [-0.25, -0.2) is 9.78 Å². The Kier molecular flexibility index (Phi) is 8.53. The number of nitrogens with zero attached hydrogens (tertiary/aromatic N) is 1. The van der Waals surface area contributed by atoms with E-state index < -0.39 is 36.5 Å². The van der Waals surface area contributed by atoms with Gasteiger partial charge in [0.15, 0.2) is 0 Å². The summed E-state index contributed by atoms with van der Waals surface area (Å²) < 4.78 is 5.72. The van der Waals surface area contributed by atoms with E-state index in [4.69, 9.17) is 15.6 Å². The van der Waals surface area contributed by atoms with Crippen molar-refractivity contribution in [1.29, 1.82) is 0 Å². The molecule has 31 heavy (non-hydrogen) atoms. The van der Waals surface area contributed by atoms with Crippen LogP contribution in [0.4, 0.5) is 5.69 Å². The molecule has 0 bridgehead atoms. The van der Waals surface area contributed by atoms with E-state index in [2.05, 4.69) is 20.6 Å². The maximum Gasteiger partial charge on any atom is 0.326 e. The first-order valence-corrected chi connectivity index (χ1v) is 9.71. The first-order valence-electron chi connectivity index (χ1n) is 9.71. The Morgan fingerprint density at radius 2 is 2.06 bits per heavy atom. The molecule has 0 saturated carbocycles. The molecule has 0 aliphatic carbocycles. The van der Waals surface area contributed by atoms with E-state index in [0.29, 0.717) is 12.1 Å². The van der Waals surface area contributed by atoms with Crippen molar-refractivity contribution in [3.05, 3.63) is 42.0 Å². The molecule has 2 rings (SSSR count). The van der Waals surface area contributed by atoms with Gasteiger partial charge >= 0.3 is 5.97 Å². The zero-order valence-corrected chi connectivity index (χ0v) is 17.3. The number of carboxylic acids is 1. The van der Waals surface area contributed by atoms with Gasteiger partial charge in [0.2, 0.25) is 5.91 Å². The Bertz CT molecular complexity index is 901. The minimum atomic E-state index is -1.13. The van der Waals surface area contributed by atoms with Gasteiger partial charge in [-0.15, -0.1) is 0 Å². The second kappa shape index (κ2) is 11.1. The predicted molar refractivity (Wildman–Crippen MR) is 111 cm³/mol. The van der Waals surface area contributed by atoms with Crippen LogP contribution in [-0.2, 0) is 16.2 Å². The van der Waals surface area contributed by atoms with Crippen LogP contribution in [0.15, 0.2) is 30.7 Å². The number of aliphatic hydroxyl groups is 1. The molecule has 11 heteroatoms. The first kappa shape index (κ1) is 23.8. The molecule has 0 saturated heterocycles. The zero-order valence-electron chi connectivity index (χ0n) is 17.3. The lowest BCUT2D eigenvalue weighted by Gasteiger charge is -2.20. The topological polar surface area (TPSA) is 180 Å². The van der Waals surface area contributed by atoms with Crippen LogP contribution >= 0.6 is 0 Å². The van der Waals surface area contributed by atoms with Crippen molar-refractivity contribution in [2.24, 2.45) is 11.7 Å². The second-order valence-corrected chi connectivity index (χ2v) is 7.03. The summed E-state index contributed by atoms with van der Waals surface area (Å²) in [6.07, 6.45) is 3.61. The summed E-state index contributed by atoms with van der Waals surface area (Å²) in [5.41, 5.74) is 6.58. The number of ether oxygens (including phenoxy) is 1. The minimum absolute atomic E-state index is 0.0740. The molecular formula is C20H27N5O6. The number of imidazole rings is 1. The Hall–Kier alpha value is -3.44. The largest absolute Gasteiger partial charge is 0.485 e. The zero-order chi connectivity index (χ0) is 23.0. The number of aromatic amines is 1. The standard InChI is InChI=1S/C20H27N5O6/c1-3-11(2)17(20(29)30)25-18(27)12-4-5-15(24-19(28)14(21)8-26)16(6-12)31-9-13-7-22-10-23-13/h4-7,10-11,14,17,26H,3,8-9,21H2,1-2H3,(H,22,23)(H,24,28)(H,25,27)(H,29,30)/t11-,14+,17+/m1/s1. The summed E-state index contributed by atoms with van der Waals surface area (Å²) >= 11 is 0. The van der Waals surface area contributed by atoms with Gasteiger partial charge in [0, 0.05) is 5.56 Å². The van der Waals surface area contributed by atoms with Crippen LogP contribution in [0.25, 0.3) is 0 Å². The first-order chi connectivity index (χ1) is 14.8. The summed E-state index contributed by atoms with van der Waals surface area (Å²) in [5, 5.41) is 23.5. The molecule has 0 fully saturated rings. The smallest absolute Gasteiger partial charge is 0.326 e. The molecule has 2 aromatic rings. The van der Waals surface area contributed by atoms with Crippen molar-refractivity contribution in [1.82, 2.24) is 15.3 Å². The summed E-state index contributed by atoms with van der Waals surface area (Å²) in [6, 6.07) is 2.08. The highest BCUT2D eigenvalue weighted by molar-refractivity contribution is 5.99. The van der Waals surface area contributed by atoms with Crippen LogP contribution < -0.4 is 21.1 Å². The van der Waals surface area contributed by atoms with Gasteiger partial charge in [0.05, 0.1) is 30.5 Å². The number of carbonyl (C=O) groups is 3. The minimum Gasteiger partial charge on any atom is -0.485 e. The molecule has 0 aliphatic rings. The number of carbonyl (C=O) groups excluding carboxylic acids is 2. The van der Waals surface area contributed by atoms with Crippen LogP contribution in [0, 0.1) is 5.92 Å². The van der Waals surface area contributed by atoms with E-state index >= 15 is 0 Å². The van der Waals surface area contributed by atoms with E-state index in [1.54, 1.807) is 13.1 Å². The molecule has 0 aliphatic heterocycles.